The van der Waals surface area contributed by atoms with Crippen molar-refractivity contribution in [3.05, 3.63) is 53.6 Å². The Morgan fingerprint density at radius 2 is 1.80 bits per heavy atom. The lowest BCUT2D eigenvalue weighted by atomic mass is 10.0. The third kappa shape index (κ3) is 2.00. The molecule has 0 heterocycles. The van der Waals surface area contributed by atoms with Gasteiger partial charge in [-0.1, -0.05) is 36.4 Å². The summed E-state index contributed by atoms with van der Waals surface area (Å²) >= 11 is 0. The van der Waals surface area contributed by atoms with Gasteiger partial charge in [0, 0.05) is 12.0 Å². The van der Waals surface area contributed by atoms with Gasteiger partial charge in [-0.3, -0.25) is 4.48 Å². The second kappa shape index (κ2) is 4.46. The van der Waals surface area contributed by atoms with Gasteiger partial charge in [-0.05, 0) is 22.8 Å². The lowest BCUT2D eigenvalue weighted by Crippen LogP contribution is -2.45. The van der Waals surface area contributed by atoms with Crippen LogP contribution in [-0.2, 0) is 11.2 Å². The Bertz CT molecular complexity index is 689. The van der Waals surface area contributed by atoms with E-state index in [1.807, 2.05) is 26.2 Å². The predicted molar refractivity (Wildman–Crippen MR) is 80.8 cm³/mol. The van der Waals surface area contributed by atoms with Gasteiger partial charge in [-0.25, -0.2) is 4.79 Å². The molecule has 0 aromatic heterocycles. The van der Waals surface area contributed by atoms with Crippen LogP contribution in [-0.4, -0.2) is 31.7 Å². The van der Waals surface area contributed by atoms with E-state index in [1.165, 1.54) is 22.3 Å². The minimum absolute atomic E-state index is 0.0901. The maximum Gasteiger partial charge on any atom is 0.359 e. The molecule has 0 amide bonds. The number of carbonyl (C=O) groups is 1. The van der Waals surface area contributed by atoms with Gasteiger partial charge in [0.15, 0.2) is 6.54 Å². The van der Waals surface area contributed by atoms with E-state index in [9.17, 15) is 4.79 Å². The Kier molecular flexibility index (Phi) is 2.87. The average molecular weight is 268 g/mol. The third-order valence-electron chi connectivity index (χ3n) is 4.01. The standard InChI is InChI=1S/C17H17NO2/c1-18(2,11-17(19)20)16-9-5-8-14-13-7-4-3-6-12(13)10-15(14)16/h3-9H,10-11H2,1-2H3/p+1. The predicted octanol–water partition coefficient (Wildman–Crippen LogP) is 2.91. The Hall–Kier alpha value is -2.13. The Balaban J connectivity index is 2.12. The molecular weight excluding hydrogens is 250 g/mol. The highest BCUT2D eigenvalue weighted by molar-refractivity contribution is 5.82. The van der Waals surface area contributed by atoms with E-state index in [4.69, 9.17) is 5.11 Å². The highest BCUT2D eigenvalue weighted by Crippen LogP contribution is 2.42. The average Bonchev–Trinajstić information content (AvgIpc) is 2.75. The van der Waals surface area contributed by atoms with E-state index in [-0.39, 0.29) is 6.54 Å². The third-order valence-corrected chi connectivity index (χ3v) is 4.01. The van der Waals surface area contributed by atoms with E-state index < -0.39 is 5.97 Å². The van der Waals surface area contributed by atoms with Crippen LogP contribution in [0.1, 0.15) is 11.1 Å². The van der Waals surface area contributed by atoms with Crippen LogP contribution in [0, 0.1) is 0 Å². The molecule has 102 valence electrons. The fourth-order valence-electron chi connectivity index (χ4n) is 3.13. The van der Waals surface area contributed by atoms with Crippen molar-refractivity contribution in [1.29, 1.82) is 0 Å². The molecule has 3 rings (SSSR count). The molecule has 0 saturated carbocycles. The first-order valence-electron chi connectivity index (χ1n) is 6.74. The van der Waals surface area contributed by atoms with Crippen molar-refractivity contribution in [1.82, 2.24) is 4.48 Å². The van der Waals surface area contributed by atoms with Crippen molar-refractivity contribution in [3.63, 3.8) is 0 Å². The molecule has 0 fully saturated rings. The Labute approximate surface area is 118 Å². The highest BCUT2D eigenvalue weighted by atomic mass is 16.4. The first-order chi connectivity index (χ1) is 9.49. The molecule has 0 unspecified atom stereocenters. The Morgan fingerprint density at radius 1 is 1.10 bits per heavy atom. The number of hydrogen-bond acceptors (Lipinski definition) is 1. The molecule has 0 aliphatic heterocycles. The van der Waals surface area contributed by atoms with Gasteiger partial charge in [-0.2, -0.15) is 0 Å². The topological polar surface area (TPSA) is 37.3 Å². The number of carboxylic acids is 1. The van der Waals surface area contributed by atoms with E-state index in [0.717, 1.165) is 12.1 Å². The van der Waals surface area contributed by atoms with Crippen LogP contribution in [0.15, 0.2) is 42.5 Å². The van der Waals surface area contributed by atoms with E-state index in [2.05, 4.69) is 30.3 Å². The molecule has 1 aliphatic rings. The maximum absolute atomic E-state index is 11.1. The number of quaternary nitrogens is 1. The number of hydrogen-bond donors (Lipinski definition) is 1. The minimum Gasteiger partial charge on any atom is -0.477 e. The number of likely N-dealkylation sites (N-methyl/N-ethyl adjacent to an activating group) is 1. The van der Waals surface area contributed by atoms with Crippen molar-refractivity contribution in [2.45, 2.75) is 6.42 Å². The van der Waals surface area contributed by atoms with Crippen LogP contribution in [0.4, 0.5) is 5.69 Å². The quantitative estimate of drug-likeness (QED) is 0.742. The van der Waals surface area contributed by atoms with Crippen molar-refractivity contribution >= 4 is 11.7 Å². The molecule has 2 aromatic carbocycles. The summed E-state index contributed by atoms with van der Waals surface area (Å²) in [6.07, 6.45) is 0.892. The van der Waals surface area contributed by atoms with Gasteiger partial charge in [0.2, 0.25) is 0 Å². The molecule has 3 nitrogen and oxygen atoms in total. The van der Waals surface area contributed by atoms with Gasteiger partial charge >= 0.3 is 5.97 Å². The summed E-state index contributed by atoms with van der Waals surface area (Å²) in [5.41, 5.74) is 6.21. The van der Waals surface area contributed by atoms with Gasteiger partial charge in [0.1, 0.15) is 5.69 Å². The molecular formula is C17H18NO2+. The first kappa shape index (κ1) is 12.9. The van der Waals surface area contributed by atoms with Gasteiger partial charge < -0.3 is 5.11 Å². The summed E-state index contributed by atoms with van der Waals surface area (Å²) in [6, 6.07) is 14.6. The molecule has 0 saturated heterocycles. The van der Waals surface area contributed by atoms with Gasteiger partial charge in [0.05, 0.1) is 14.1 Å². The summed E-state index contributed by atoms with van der Waals surface area (Å²) in [6.45, 7) is 0.0901. The first-order valence-corrected chi connectivity index (χ1v) is 6.74. The summed E-state index contributed by atoms with van der Waals surface area (Å²) in [4.78, 5) is 11.1. The van der Waals surface area contributed by atoms with Gasteiger partial charge in [-0.15, -0.1) is 0 Å². The molecule has 0 atom stereocenters. The Morgan fingerprint density at radius 3 is 2.55 bits per heavy atom. The van der Waals surface area contributed by atoms with Crippen LogP contribution in [0.2, 0.25) is 0 Å². The number of rotatable bonds is 3. The lowest BCUT2D eigenvalue weighted by molar-refractivity contribution is -0.137. The van der Waals surface area contributed by atoms with E-state index >= 15 is 0 Å². The number of fused-ring (bicyclic) bond motifs is 3. The fourth-order valence-corrected chi connectivity index (χ4v) is 3.13. The van der Waals surface area contributed by atoms with Crippen LogP contribution in [0.5, 0.6) is 0 Å². The van der Waals surface area contributed by atoms with Crippen molar-refractivity contribution in [2.75, 3.05) is 20.6 Å². The smallest absolute Gasteiger partial charge is 0.359 e. The normalized spacial score (nSPS) is 12.9. The highest BCUT2D eigenvalue weighted by Gasteiger charge is 2.30. The van der Waals surface area contributed by atoms with Crippen molar-refractivity contribution in [2.24, 2.45) is 0 Å². The number of aliphatic carboxylic acids is 1. The molecule has 3 heteroatoms. The molecule has 1 aliphatic carbocycles. The van der Waals surface area contributed by atoms with Crippen molar-refractivity contribution < 1.29 is 9.90 Å². The zero-order valence-electron chi connectivity index (χ0n) is 11.8. The lowest BCUT2D eigenvalue weighted by Gasteiger charge is -2.29. The van der Waals surface area contributed by atoms with Crippen LogP contribution < -0.4 is 4.48 Å². The zero-order valence-corrected chi connectivity index (χ0v) is 11.8. The molecule has 2 aromatic rings. The van der Waals surface area contributed by atoms with Crippen LogP contribution in [0.3, 0.4) is 0 Å². The SMILES string of the molecule is C[N+](C)(CC(=O)O)c1cccc2c1Cc1ccccc1-2. The van der Waals surface area contributed by atoms with E-state index in [0.29, 0.717) is 4.48 Å². The number of benzene rings is 2. The number of carboxylic acid groups (broad SMARTS) is 1. The fraction of sp³-hybridized carbons (Fsp3) is 0.235. The molecule has 0 spiro atoms. The zero-order chi connectivity index (χ0) is 14.3. The van der Waals surface area contributed by atoms with Gasteiger partial charge in [0.25, 0.3) is 0 Å². The van der Waals surface area contributed by atoms with Crippen molar-refractivity contribution in [3.8, 4) is 11.1 Å². The molecule has 20 heavy (non-hydrogen) atoms. The van der Waals surface area contributed by atoms with Crippen LogP contribution >= 0.6 is 0 Å². The summed E-state index contributed by atoms with van der Waals surface area (Å²) < 4.78 is 0.368. The van der Waals surface area contributed by atoms with Crippen LogP contribution in [0.25, 0.3) is 11.1 Å². The second-order valence-electron chi connectivity index (χ2n) is 5.87. The monoisotopic (exact) mass is 268 g/mol. The summed E-state index contributed by atoms with van der Waals surface area (Å²) in [7, 11) is 3.90. The summed E-state index contributed by atoms with van der Waals surface area (Å²) in [5, 5.41) is 9.12. The largest absolute Gasteiger partial charge is 0.477 e. The molecule has 1 N–H and O–H groups in total. The summed E-state index contributed by atoms with van der Waals surface area (Å²) in [5.74, 6) is -0.775. The molecule has 0 bridgehead atoms. The molecule has 0 radical (unpaired) electrons. The minimum atomic E-state index is -0.775. The van der Waals surface area contributed by atoms with E-state index in [1.54, 1.807) is 0 Å². The second-order valence-corrected chi connectivity index (χ2v) is 5.87. The number of nitrogens with zero attached hydrogens (tertiary/aromatic N) is 1. The maximum atomic E-state index is 11.1.